The van der Waals surface area contributed by atoms with E-state index in [1.807, 2.05) is 31.3 Å². The molecule has 138 valence electrons. The maximum Gasteiger partial charge on any atom is 0.238 e. The highest BCUT2D eigenvalue weighted by molar-refractivity contribution is 7.89. The van der Waals surface area contributed by atoms with Crippen molar-refractivity contribution in [3.8, 4) is 5.75 Å². The van der Waals surface area contributed by atoms with Gasteiger partial charge >= 0.3 is 0 Å². The van der Waals surface area contributed by atoms with Crippen LogP contribution >= 0.6 is 0 Å². The fourth-order valence-electron chi connectivity index (χ4n) is 3.34. The minimum atomic E-state index is -3.69. The van der Waals surface area contributed by atoms with Crippen LogP contribution in [0.2, 0.25) is 0 Å². The Hall–Kier alpha value is -2.90. The molecule has 2 aromatic carbocycles. The zero-order valence-corrected chi connectivity index (χ0v) is 15.8. The molecule has 0 unspecified atom stereocenters. The molecule has 0 aliphatic rings. The van der Waals surface area contributed by atoms with Gasteiger partial charge in [-0.05, 0) is 48.9 Å². The van der Waals surface area contributed by atoms with E-state index in [2.05, 4.69) is 15.6 Å². The smallest absolute Gasteiger partial charge is 0.238 e. The van der Waals surface area contributed by atoms with Crippen LogP contribution in [0.3, 0.4) is 0 Å². The van der Waals surface area contributed by atoms with Crippen LogP contribution in [0.4, 0.5) is 0 Å². The first-order valence-electron chi connectivity index (χ1n) is 8.41. The van der Waals surface area contributed by atoms with Crippen molar-refractivity contribution in [3.05, 3.63) is 66.0 Å². The van der Waals surface area contributed by atoms with Crippen LogP contribution in [-0.4, -0.2) is 25.1 Å². The summed E-state index contributed by atoms with van der Waals surface area (Å²) in [6.45, 7) is 2.55. The van der Waals surface area contributed by atoms with E-state index in [9.17, 15) is 8.42 Å². The predicted molar refractivity (Wildman–Crippen MR) is 105 cm³/mol. The van der Waals surface area contributed by atoms with Gasteiger partial charge < -0.3 is 9.30 Å². The van der Waals surface area contributed by atoms with Crippen molar-refractivity contribution < 1.29 is 13.2 Å². The molecule has 0 aliphatic carbocycles. The zero-order valence-electron chi connectivity index (χ0n) is 15.0. The van der Waals surface area contributed by atoms with E-state index < -0.39 is 10.0 Å². The van der Waals surface area contributed by atoms with Crippen molar-refractivity contribution in [2.24, 2.45) is 5.14 Å². The molecule has 2 aromatic heterocycles. The lowest BCUT2D eigenvalue weighted by Crippen LogP contribution is -2.12. The Morgan fingerprint density at radius 1 is 1.04 bits per heavy atom. The molecule has 27 heavy (non-hydrogen) atoms. The SMILES string of the molecule is COc1ccc2c(c1)c1cc(C)ncc1n2Cc1ccc(S(N)(=O)=O)cc1. The lowest BCUT2D eigenvalue weighted by Gasteiger charge is -2.09. The summed E-state index contributed by atoms with van der Waals surface area (Å²) in [4.78, 5) is 4.55. The van der Waals surface area contributed by atoms with Crippen molar-refractivity contribution in [1.29, 1.82) is 0 Å². The maximum absolute atomic E-state index is 11.5. The summed E-state index contributed by atoms with van der Waals surface area (Å²) in [5.41, 5.74) is 3.99. The van der Waals surface area contributed by atoms with Gasteiger partial charge in [-0.1, -0.05) is 12.1 Å². The van der Waals surface area contributed by atoms with Crippen LogP contribution in [0.5, 0.6) is 5.75 Å². The fourth-order valence-corrected chi connectivity index (χ4v) is 3.86. The largest absolute Gasteiger partial charge is 0.497 e. The third-order valence-electron chi connectivity index (χ3n) is 4.69. The van der Waals surface area contributed by atoms with Gasteiger partial charge in [-0.25, -0.2) is 13.6 Å². The fraction of sp³-hybridized carbons (Fsp3) is 0.150. The molecule has 4 rings (SSSR count). The van der Waals surface area contributed by atoms with Crippen LogP contribution < -0.4 is 9.88 Å². The van der Waals surface area contributed by atoms with Crippen molar-refractivity contribution in [2.45, 2.75) is 18.4 Å². The zero-order chi connectivity index (χ0) is 19.2. The topological polar surface area (TPSA) is 87.2 Å². The molecule has 0 amide bonds. The third kappa shape index (κ3) is 3.15. The number of ether oxygens (including phenoxy) is 1. The van der Waals surface area contributed by atoms with E-state index in [1.165, 1.54) is 12.1 Å². The standard InChI is InChI=1S/C20H19N3O3S/c1-13-9-17-18-10-15(26-2)5-8-19(18)23(20(17)11-22-13)12-14-3-6-16(7-4-14)27(21,24)25/h3-11H,12H2,1-2H3,(H2,21,24,25). The summed E-state index contributed by atoms with van der Waals surface area (Å²) >= 11 is 0. The van der Waals surface area contributed by atoms with E-state index in [4.69, 9.17) is 9.88 Å². The first kappa shape index (κ1) is 17.5. The molecule has 0 bridgehead atoms. The van der Waals surface area contributed by atoms with Gasteiger partial charge in [0, 0.05) is 28.5 Å². The van der Waals surface area contributed by atoms with E-state index in [1.54, 1.807) is 19.2 Å². The Bertz CT molecular complexity index is 1260. The Morgan fingerprint density at radius 3 is 2.41 bits per heavy atom. The van der Waals surface area contributed by atoms with Gasteiger partial charge in [0.25, 0.3) is 0 Å². The average Bonchev–Trinajstić information content (AvgIpc) is 2.94. The number of rotatable bonds is 4. The summed E-state index contributed by atoms with van der Waals surface area (Å²) in [5.74, 6) is 0.800. The van der Waals surface area contributed by atoms with Crippen LogP contribution in [0.15, 0.2) is 59.6 Å². The number of nitrogens with zero attached hydrogens (tertiary/aromatic N) is 2. The Labute approximate surface area is 157 Å². The summed E-state index contributed by atoms with van der Waals surface area (Å²) in [6, 6.07) is 14.7. The van der Waals surface area contributed by atoms with Gasteiger partial charge in [0.05, 0.1) is 23.7 Å². The minimum absolute atomic E-state index is 0.107. The normalized spacial score (nSPS) is 12.0. The number of sulfonamides is 1. The van der Waals surface area contributed by atoms with Gasteiger partial charge in [0.15, 0.2) is 0 Å². The molecule has 2 N–H and O–H groups in total. The second-order valence-electron chi connectivity index (χ2n) is 6.50. The van der Waals surface area contributed by atoms with Crippen molar-refractivity contribution >= 4 is 31.8 Å². The lowest BCUT2D eigenvalue weighted by atomic mass is 10.1. The van der Waals surface area contributed by atoms with Gasteiger partial charge in [0.2, 0.25) is 10.0 Å². The van der Waals surface area contributed by atoms with Gasteiger partial charge in [0.1, 0.15) is 5.75 Å². The van der Waals surface area contributed by atoms with E-state index in [0.717, 1.165) is 38.8 Å². The molecule has 0 spiro atoms. The number of pyridine rings is 1. The molecular formula is C20H19N3O3S. The molecule has 0 fully saturated rings. The number of aromatic nitrogens is 2. The van der Waals surface area contributed by atoms with Gasteiger partial charge in [-0.3, -0.25) is 4.98 Å². The lowest BCUT2D eigenvalue weighted by molar-refractivity contribution is 0.415. The number of hydrogen-bond donors (Lipinski definition) is 1. The summed E-state index contributed by atoms with van der Waals surface area (Å²) in [7, 11) is -2.04. The molecule has 0 atom stereocenters. The number of methoxy groups -OCH3 is 1. The molecule has 6 nitrogen and oxygen atoms in total. The van der Waals surface area contributed by atoms with Crippen LogP contribution in [0, 0.1) is 6.92 Å². The number of nitrogens with two attached hydrogens (primary N) is 1. The van der Waals surface area contributed by atoms with E-state index in [-0.39, 0.29) is 4.90 Å². The molecule has 4 aromatic rings. The number of benzene rings is 2. The van der Waals surface area contributed by atoms with E-state index >= 15 is 0 Å². The average molecular weight is 381 g/mol. The van der Waals surface area contributed by atoms with E-state index in [0.29, 0.717) is 6.54 Å². The molecule has 7 heteroatoms. The van der Waals surface area contributed by atoms with Gasteiger partial charge in [-0.2, -0.15) is 0 Å². The second kappa shape index (κ2) is 6.37. The molecule has 2 heterocycles. The molecule has 0 radical (unpaired) electrons. The molecular weight excluding hydrogens is 362 g/mol. The monoisotopic (exact) mass is 381 g/mol. The van der Waals surface area contributed by atoms with Crippen molar-refractivity contribution in [3.63, 3.8) is 0 Å². The highest BCUT2D eigenvalue weighted by atomic mass is 32.2. The second-order valence-corrected chi connectivity index (χ2v) is 8.06. The number of aryl methyl sites for hydroxylation is 1. The quantitative estimate of drug-likeness (QED) is 0.588. The highest BCUT2D eigenvalue weighted by Gasteiger charge is 2.13. The minimum Gasteiger partial charge on any atom is -0.497 e. The van der Waals surface area contributed by atoms with Crippen molar-refractivity contribution in [1.82, 2.24) is 9.55 Å². The predicted octanol–water partition coefficient (Wildman–Crippen LogP) is 3.20. The molecule has 0 saturated heterocycles. The first-order valence-corrected chi connectivity index (χ1v) is 9.96. The molecule has 0 saturated carbocycles. The first-order chi connectivity index (χ1) is 12.9. The summed E-state index contributed by atoms with van der Waals surface area (Å²) < 4.78 is 30.5. The summed E-state index contributed by atoms with van der Waals surface area (Å²) in [6.07, 6.45) is 1.87. The Kier molecular flexibility index (Phi) is 4.13. The Morgan fingerprint density at radius 2 is 1.74 bits per heavy atom. The van der Waals surface area contributed by atoms with Gasteiger partial charge in [-0.15, -0.1) is 0 Å². The third-order valence-corrected chi connectivity index (χ3v) is 5.62. The number of fused-ring (bicyclic) bond motifs is 3. The number of hydrogen-bond acceptors (Lipinski definition) is 4. The highest BCUT2D eigenvalue weighted by Crippen LogP contribution is 2.32. The van der Waals surface area contributed by atoms with Crippen LogP contribution in [-0.2, 0) is 16.6 Å². The van der Waals surface area contributed by atoms with Crippen molar-refractivity contribution in [2.75, 3.05) is 7.11 Å². The molecule has 0 aliphatic heterocycles. The number of primary sulfonamides is 1. The van der Waals surface area contributed by atoms with Crippen LogP contribution in [0.25, 0.3) is 21.8 Å². The summed E-state index contributed by atoms with van der Waals surface area (Å²) in [5, 5.41) is 7.38. The van der Waals surface area contributed by atoms with Crippen LogP contribution in [0.1, 0.15) is 11.3 Å². The maximum atomic E-state index is 11.5. The Balaban J connectivity index is 1.87.